The van der Waals surface area contributed by atoms with Crippen molar-refractivity contribution in [2.75, 3.05) is 24.2 Å². The van der Waals surface area contributed by atoms with Gasteiger partial charge in [-0.15, -0.1) is 0 Å². The summed E-state index contributed by atoms with van der Waals surface area (Å²) in [5.41, 5.74) is 0.631. The van der Waals surface area contributed by atoms with Gasteiger partial charge in [0.25, 0.3) is 0 Å². The molecule has 0 bridgehead atoms. The quantitative estimate of drug-likeness (QED) is 0.865. The van der Waals surface area contributed by atoms with Crippen molar-refractivity contribution in [3.8, 4) is 0 Å². The molecule has 1 atom stereocenters. The molecule has 1 saturated heterocycles. The van der Waals surface area contributed by atoms with E-state index in [1.54, 1.807) is 19.1 Å². The molecule has 2 rings (SSSR count). The van der Waals surface area contributed by atoms with Crippen molar-refractivity contribution in [1.82, 2.24) is 5.32 Å². The standard InChI is InChI=1S/C13H18N2O3S/c1-2-19(17,18)12-5-3-11(4-6-12)15-13(16)10-7-8-14-9-10/h3-6,10,14H,2,7-9H2,1H3,(H,15,16). The summed E-state index contributed by atoms with van der Waals surface area (Å²) >= 11 is 0. The number of hydrogen-bond donors (Lipinski definition) is 2. The number of sulfone groups is 1. The molecule has 104 valence electrons. The molecule has 0 spiro atoms. The molecule has 1 unspecified atom stereocenters. The van der Waals surface area contributed by atoms with Gasteiger partial charge in [-0.1, -0.05) is 6.92 Å². The van der Waals surface area contributed by atoms with Crippen LogP contribution in [-0.4, -0.2) is 33.2 Å². The number of nitrogens with one attached hydrogen (secondary N) is 2. The highest BCUT2D eigenvalue weighted by Crippen LogP contribution is 2.17. The molecule has 0 radical (unpaired) electrons. The zero-order valence-electron chi connectivity index (χ0n) is 10.8. The van der Waals surface area contributed by atoms with Crippen LogP contribution >= 0.6 is 0 Å². The van der Waals surface area contributed by atoms with Crippen molar-refractivity contribution in [1.29, 1.82) is 0 Å². The summed E-state index contributed by atoms with van der Waals surface area (Å²) in [5.74, 6) is 0.0575. The molecule has 1 aliphatic rings. The summed E-state index contributed by atoms with van der Waals surface area (Å²) in [6.07, 6.45) is 0.841. The van der Waals surface area contributed by atoms with E-state index >= 15 is 0 Å². The van der Waals surface area contributed by atoms with Crippen LogP contribution in [0.25, 0.3) is 0 Å². The predicted octanol–water partition coefficient (Wildman–Crippen LogP) is 1.03. The third kappa shape index (κ3) is 3.33. The molecular formula is C13H18N2O3S. The second-order valence-electron chi connectivity index (χ2n) is 4.61. The SMILES string of the molecule is CCS(=O)(=O)c1ccc(NC(=O)C2CCNC2)cc1. The van der Waals surface area contributed by atoms with Gasteiger partial charge >= 0.3 is 0 Å². The van der Waals surface area contributed by atoms with Crippen LogP contribution in [0.5, 0.6) is 0 Å². The Morgan fingerprint density at radius 1 is 1.37 bits per heavy atom. The molecule has 1 aliphatic heterocycles. The molecule has 0 aliphatic carbocycles. The molecule has 1 fully saturated rings. The minimum absolute atomic E-state index is 0.000879. The summed E-state index contributed by atoms with van der Waals surface area (Å²) in [7, 11) is -3.18. The van der Waals surface area contributed by atoms with E-state index in [9.17, 15) is 13.2 Å². The maximum absolute atomic E-state index is 11.9. The van der Waals surface area contributed by atoms with Crippen molar-refractivity contribution in [2.24, 2.45) is 5.92 Å². The highest BCUT2D eigenvalue weighted by atomic mass is 32.2. The third-order valence-corrected chi connectivity index (χ3v) is 5.04. The van der Waals surface area contributed by atoms with E-state index in [1.165, 1.54) is 12.1 Å². The van der Waals surface area contributed by atoms with Crippen LogP contribution in [0.15, 0.2) is 29.2 Å². The van der Waals surface area contributed by atoms with Gasteiger partial charge in [-0.25, -0.2) is 8.42 Å². The predicted molar refractivity (Wildman–Crippen MR) is 73.8 cm³/mol. The second-order valence-corrected chi connectivity index (χ2v) is 6.89. The van der Waals surface area contributed by atoms with E-state index in [1.807, 2.05) is 0 Å². The lowest BCUT2D eigenvalue weighted by Gasteiger charge is -2.10. The number of anilines is 1. The summed E-state index contributed by atoms with van der Waals surface area (Å²) in [5, 5.41) is 5.94. The average molecular weight is 282 g/mol. The van der Waals surface area contributed by atoms with Gasteiger partial charge in [0.05, 0.1) is 16.6 Å². The van der Waals surface area contributed by atoms with E-state index in [-0.39, 0.29) is 22.5 Å². The maximum Gasteiger partial charge on any atom is 0.228 e. The first-order chi connectivity index (χ1) is 9.03. The van der Waals surface area contributed by atoms with Crippen molar-refractivity contribution < 1.29 is 13.2 Å². The number of carbonyl (C=O) groups is 1. The second kappa shape index (κ2) is 5.71. The lowest BCUT2D eigenvalue weighted by atomic mass is 10.1. The van der Waals surface area contributed by atoms with Crippen LogP contribution in [0.4, 0.5) is 5.69 Å². The summed E-state index contributed by atoms with van der Waals surface area (Å²) in [6, 6.07) is 6.31. The highest BCUT2D eigenvalue weighted by molar-refractivity contribution is 7.91. The van der Waals surface area contributed by atoms with Gasteiger partial charge in [-0.3, -0.25) is 4.79 Å². The largest absolute Gasteiger partial charge is 0.326 e. The molecule has 2 N–H and O–H groups in total. The Morgan fingerprint density at radius 3 is 2.58 bits per heavy atom. The zero-order valence-corrected chi connectivity index (χ0v) is 11.7. The van der Waals surface area contributed by atoms with Gasteiger partial charge in [0, 0.05) is 12.2 Å². The molecule has 0 saturated carbocycles. The number of rotatable bonds is 4. The van der Waals surface area contributed by atoms with Gasteiger partial charge in [-0.2, -0.15) is 0 Å². The Hall–Kier alpha value is -1.40. The first-order valence-corrected chi connectivity index (χ1v) is 8.02. The highest BCUT2D eigenvalue weighted by Gasteiger charge is 2.22. The van der Waals surface area contributed by atoms with Crippen LogP contribution in [-0.2, 0) is 14.6 Å². The smallest absolute Gasteiger partial charge is 0.228 e. The third-order valence-electron chi connectivity index (χ3n) is 3.29. The lowest BCUT2D eigenvalue weighted by molar-refractivity contribution is -0.119. The van der Waals surface area contributed by atoms with E-state index in [4.69, 9.17) is 0 Å². The fraction of sp³-hybridized carbons (Fsp3) is 0.462. The molecule has 1 aromatic rings. The first kappa shape index (κ1) is 14.0. The maximum atomic E-state index is 11.9. The van der Waals surface area contributed by atoms with Gasteiger partial charge in [0.2, 0.25) is 5.91 Å². The number of hydrogen-bond acceptors (Lipinski definition) is 4. The Kier molecular flexibility index (Phi) is 4.21. The van der Waals surface area contributed by atoms with Gasteiger partial charge in [0.1, 0.15) is 0 Å². The van der Waals surface area contributed by atoms with E-state index in [2.05, 4.69) is 10.6 Å². The van der Waals surface area contributed by atoms with Crippen molar-refractivity contribution in [3.05, 3.63) is 24.3 Å². The van der Waals surface area contributed by atoms with Gasteiger partial charge in [-0.05, 0) is 37.2 Å². The first-order valence-electron chi connectivity index (χ1n) is 6.37. The molecular weight excluding hydrogens is 264 g/mol. The lowest BCUT2D eigenvalue weighted by Crippen LogP contribution is -2.24. The minimum atomic E-state index is -3.18. The van der Waals surface area contributed by atoms with E-state index in [0.29, 0.717) is 12.2 Å². The van der Waals surface area contributed by atoms with Crippen molar-refractivity contribution in [2.45, 2.75) is 18.2 Å². The number of amides is 1. The molecule has 5 nitrogen and oxygen atoms in total. The Morgan fingerprint density at radius 2 is 2.05 bits per heavy atom. The van der Waals surface area contributed by atoms with Gasteiger partial charge in [0.15, 0.2) is 9.84 Å². The molecule has 1 aromatic carbocycles. The number of carbonyl (C=O) groups excluding carboxylic acids is 1. The van der Waals surface area contributed by atoms with Crippen molar-refractivity contribution in [3.63, 3.8) is 0 Å². The normalized spacial score (nSPS) is 19.3. The molecule has 0 aromatic heterocycles. The molecule has 19 heavy (non-hydrogen) atoms. The Labute approximate surface area is 113 Å². The Bertz CT molecular complexity index is 546. The number of benzene rings is 1. The van der Waals surface area contributed by atoms with E-state index in [0.717, 1.165) is 13.0 Å². The molecule has 1 amide bonds. The average Bonchev–Trinajstić information content (AvgIpc) is 2.93. The van der Waals surface area contributed by atoms with Crippen LogP contribution in [0.1, 0.15) is 13.3 Å². The van der Waals surface area contributed by atoms with Crippen LogP contribution < -0.4 is 10.6 Å². The summed E-state index contributed by atoms with van der Waals surface area (Å²) in [4.78, 5) is 12.2. The Balaban J connectivity index is 2.04. The van der Waals surface area contributed by atoms with Crippen LogP contribution in [0.2, 0.25) is 0 Å². The zero-order chi connectivity index (χ0) is 13.9. The van der Waals surface area contributed by atoms with Crippen LogP contribution in [0, 0.1) is 5.92 Å². The minimum Gasteiger partial charge on any atom is -0.326 e. The fourth-order valence-corrected chi connectivity index (χ4v) is 2.92. The topological polar surface area (TPSA) is 75.3 Å². The fourth-order valence-electron chi connectivity index (χ4n) is 2.04. The summed E-state index contributed by atoms with van der Waals surface area (Å²) < 4.78 is 23.3. The van der Waals surface area contributed by atoms with Gasteiger partial charge < -0.3 is 10.6 Å². The van der Waals surface area contributed by atoms with E-state index < -0.39 is 9.84 Å². The molecule has 6 heteroatoms. The summed E-state index contributed by atoms with van der Waals surface area (Å²) in [6.45, 7) is 3.18. The monoisotopic (exact) mass is 282 g/mol. The van der Waals surface area contributed by atoms with Crippen LogP contribution in [0.3, 0.4) is 0 Å². The van der Waals surface area contributed by atoms with Crippen molar-refractivity contribution >= 4 is 21.4 Å². The molecule has 1 heterocycles.